The monoisotopic (exact) mass is 95.0 g/mol. The predicted molar refractivity (Wildman–Crippen MR) is 17.2 cm³/mol. The maximum atomic E-state index is 9.49. The van der Waals surface area contributed by atoms with E-state index in [1.54, 1.807) is 0 Å². The van der Waals surface area contributed by atoms with Gasteiger partial charge >= 0.3 is 8.03 Å². The molecule has 0 saturated heterocycles. The van der Waals surface area contributed by atoms with Gasteiger partial charge in [0.15, 0.2) is 6.66 Å². The van der Waals surface area contributed by atoms with Gasteiger partial charge in [-0.1, -0.05) is 0 Å². The average molecular weight is 95.0 g/mol. The van der Waals surface area contributed by atoms with Gasteiger partial charge in [-0.3, -0.25) is 0 Å². The maximum Gasteiger partial charge on any atom is 0.536 e. The van der Waals surface area contributed by atoms with E-state index in [4.69, 9.17) is 5.26 Å². The minimum Gasteiger partial charge on any atom is -0.204 e. The molecule has 0 rings (SSSR count). The lowest BCUT2D eigenvalue weighted by molar-refractivity contribution is -0.129. The van der Waals surface area contributed by atoms with Crippen LogP contribution < -0.4 is 0 Å². The molecular formula is CH4O3P+. The molecule has 0 amide bonds. The molecular weight excluding hydrogens is 91.0 g/mol. The molecule has 0 bridgehead atoms. The standard InChI is InChI=1S/CH3O3P/c1-5(3)4-2/h1H3/p+1. The van der Waals surface area contributed by atoms with Gasteiger partial charge in [0.2, 0.25) is 0 Å². The number of hydrogen-bond donors (Lipinski definition) is 1. The molecule has 0 fully saturated rings. The quantitative estimate of drug-likeness (QED) is 0.298. The van der Waals surface area contributed by atoms with Crippen molar-refractivity contribution in [2.24, 2.45) is 0 Å². The van der Waals surface area contributed by atoms with Crippen molar-refractivity contribution in [2.45, 2.75) is 0 Å². The van der Waals surface area contributed by atoms with Crippen molar-refractivity contribution >= 4 is 8.03 Å². The smallest absolute Gasteiger partial charge is 0.204 e. The summed E-state index contributed by atoms with van der Waals surface area (Å²) in [5.41, 5.74) is 0. The highest BCUT2D eigenvalue weighted by Crippen LogP contribution is 2.10. The maximum absolute atomic E-state index is 9.49. The summed E-state index contributed by atoms with van der Waals surface area (Å²) in [4.78, 5) is 0. The molecule has 0 saturated carbocycles. The molecule has 0 heterocycles. The van der Waals surface area contributed by atoms with Crippen LogP contribution in [0.5, 0.6) is 0 Å². The van der Waals surface area contributed by atoms with E-state index in [-0.39, 0.29) is 0 Å². The second kappa shape index (κ2) is 2.27. The first-order valence-corrected chi connectivity index (χ1v) is 2.62. The second-order valence-electron chi connectivity index (χ2n) is 0.521. The van der Waals surface area contributed by atoms with E-state index < -0.39 is 8.03 Å². The molecule has 0 aliphatic rings. The number of rotatable bonds is 1. The van der Waals surface area contributed by atoms with E-state index in [0.29, 0.717) is 0 Å². The van der Waals surface area contributed by atoms with Gasteiger partial charge in [0.25, 0.3) is 0 Å². The van der Waals surface area contributed by atoms with Gasteiger partial charge < -0.3 is 0 Å². The Morgan fingerprint density at radius 1 is 2.00 bits per heavy atom. The fraction of sp³-hybridized carbons (Fsp3) is 1.00. The molecule has 0 spiro atoms. The first-order valence-electron chi connectivity index (χ1n) is 0.995. The number of hydrogen-bond acceptors (Lipinski definition) is 3. The zero-order chi connectivity index (χ0) is 4.28. The van der Waals surface area contributed by atoms with Crippen LogP contribution in [0, 0.1) is 0 Å². The highest BCUT2D eigenvalue weighted by atomic mass is 31.1. The molecule has 5 heavy (non-hydrogen) atoms. The van der Waals surface area contributed by atoms with E-state index in [0.717, 1.165) is 0 Å². The van der Waals surface area contributed by atoms with E-state index in [1.807, 2.05) is 0 Å². The van der Waals surface area contributed by atoms with Crippen LogP contribution in [0.1, 0.15) is 0 Å². The summed E-state index contributed by atoms with van der Waals surface area (Å²) in [5.74, 6) is 0. The summed E-state index contributed by atoms with van der Waals surface area (Å²) < 4.78 is 12.7. The molecule has 1 N–H and O–H groups in total. The Morgan fingerprint density at radius 2 is 2.20 bits per heavy atom. The van der Waals surface area contributed by atoms with Gasteiger partial charge in [-0.25, -0.2) is 5.26 Å². The van der Waals surface area contributed by atoms with Crippen LogP contribution in [0.4, 0.5) is 0 Å². The normalized spacial score (nSPS) is 11.2. The van der Waals surface area contributed by atoms with E-state index in [9.17, 15) is 4.57 Å². The molecule has 0 aromatic carbocycles. The molecule has 0 aromatic heterocycles. The molecule has 1 atom stereocenters. The molecule has 3 nitrogen and oxygen atoms in total. The van der Waals surface area contributed by atoms with Crippen molar-refractivity contribution < 1.29 is 14.5 Å². The minimum absolute atomic E-state index is 1.26. The zero-order valence-electron chi connectivity index (χ0n) is 2.71. The van der Waals surface area contributed by atoms with Gasteiger partial charge in [0, 0.05) is 4.67 Å². The molecule has 1 unspecified atom stereocenters. The minimum atomic E-state index is -1.79. The van der Waals surface area contributed by atoms with Crippen molar-refractivity contribution in [3.8, 4) is 0 Å². The van der Waals surface area contributed by atoms with Crippen molar-refractivity contribution in [3.05, 3.63) is 0 Å². The van der Waals surface area contributed by atoms with E-state index in [2.05, 4.69) is 4.67 Å². The second-order valence-corrected chi connectivity index (χ2v) is 1.56. The zero-order valence-corrected chi connectivity index (χ0v) is 3.61. The van der Waals surface area contributed by atoms with Gasteiger partial charge in [-0.05, 0) is 4.57 Å². The molecule has 0 radical (unpaired) electrons. The third-order valence-corrected chi connectivity index (χ3v) is 0.345. The van der Waals surface area contributed by atoms with Crippen LogP contribution in [0.2, 0.25) is 0 Å². The average Bonchev–Trinajstić information content (AvgIpc) is 1.38. The first-order chi connectivity index (χ1) is 2.27. The lowest BCUT2D eigenvalue weighted by atomic mass is 12.0. The third kappa shape index (κ3) is 4.02. The Balaban J connectivity index is 2.85. The van der Waals surface area contributed by atoms with Crippen molar-refractivity contribution in [2.75, 3.05) is 6.66 Å². The molecule has 0 aliphatic carbocycles. The highest BCUT2D eigenvalue weighted by Gasteiger charge is 1.99. The van der Waals surface area contributed by atoms with Crippen LogP contribution in [0.25, 0.3) is 0 Å². The molecule has 0 aromatic rings. The Morgan fingerprint density at radius 3 is 2.20 bits per heavy atom. The van der Waals surface area contributed by atoms with Crippen molar-refractivity contribution in [1.29, 1.82) is 0 Å². The van der Waals surface area contributed by atoms with E-state index >= 15 is 0 Å². The topological polar surface area (TPSA) is 46.5 Å². The summed E-state index contributed by atoms with van der Waals surface area (Å²) in [5, 5.41) is 7.36. The summed E-state index contributed by atoms with van der Waals surface area (Å²) in [6.07, 6.45) is 0. The third-order valence-electron chi connectivity index (χ3n) is 0.115. The lowest BCUT2D eigenvalue weighted by Crippen LogP contribution is -1.58. The van der Waals surface area contributed by atoms with Crippen molar-refractivity contribution in [3.63, 3.8) is 0 Å². The van der Waals surface area contributed by atoms with Crippen LogP contribution in [0.3, 0.4) is 0 Å². The SMILES string of the molecule is C[P+](=O)OO. The van der Waals surface area contributed by atoms with Crippen LogP contribution in [-0.2, 0) is 9.24 Å². The fourth-order valence-corrected chi connectivity index (χ4v) is 0. The fourth-order valence-electron chi connectivity index (χ4n) is 0. The van der Waals surface area contributed by atoms with Gasteiger partial charge in [-0.15, -0.1) is 0 Å². The highest BCUT2D eigenvalue weighted by molar-refractivity contribution is 7.37. The summed E-state index contributed by atoms with van der Waals surface area (Å²) in [6.45, 7) is 1.26. The Kier molecular flexibility index (Phi) is 2.28. The molecule has 30 valence electrons. The Hall–Kier alpha value is 0.0200. The van der Waals surface area contributed by atoms with E-state index in [1.165, 1.54) is 6.66 Å². The first kappa shape index (κ1) is 5.02. The Labute approximate surface area is 30.4 Å². The van der Waals surface area contributed by atoms with Crippen LogP contribution in [-0.4, -0.2) is 11.9 Å². The van der Waals surface area contributed by atoms with Gasteiger partial charge in [0.1, 0.15) is 0 Å². The van der Waals surface area contributed by atoms with Gasteiger partial charge in [-0.2, -0.15) is 0 Å². The summed E-state index contributed by atoms with van der Waals surface area (Å²) >= 11 is 0. The lowest BCUT2D eigenvalue weighted by Gasteiger charge is -1.56. The van der Waals surface area contributed by atoms with Gasteiger partial charge in [0.05, 0.1) is 0 Å². The molecule has 0 aliphatic heterocycles. The van der Waals surface area contributed by atoms with Crippen molar-refractivity contribution in [1.82, 2.24) is 0 Å². The summed E-state index contributed by atoms with van der Waals surface area (Å²) in [6, 6.07) is 0. The van der Waals surface area contributed by atoms with Crippen LogP contribution in [0.15, 0.2) is 0 Å². The Bertz CT molecular complexity index is 42.2. The van der Waals surface area contributed by atoms with Crippen LogP contribution >= 0.6 is 8.03 Å². The molecule has 4 heteroatoms. The largest absolute Gasteiger partial charge is 0.536 e. The predicted octanol–water partition coefficient (Wildman–Crippen LogP) is 0.848. The summed E-state index contributed by atoms with van der Waals surface area (Å²) in [7, 11) is -1.79.